The predicted octanol–water partition coefficient (Wildman–Crippen LogP) is 3.45. The van der Waals surface area contributed by atoms with Crippen molar-refractivity contribution in [2.45, 2.75) is 117 Å². The van der Waals surface area contributed by atoms with Crippen molar-refractivity contribution in [1.82, 2.24) is 16.0 Å². The van der Waals surface area contributed by atoms with E-state index in [2.05, 4.69) is 16.0 Å². The smallest absolute Gasteiger partial charge is 0.408 e. The van der Waals surface area contributed by atoms with Crippen LogP contribution in [0.1, 0.15) is 93.4 Å². The van der Waals surface area contributed by atoms with Crippen LogP contribution in [0.15, 0.2) is 0 Å². The van der Waals surface area contributed by atoms with Crippen LogP contribution in [0.4, 0.5) is 4.79 Å². The maximum atomic E-state index is 13.6. The highest BCUT2D eigenvalue weighted by molar-refractivity contribution is 5.96. The molecular weight excluding hydrogens is 438 g/mol. The zero-order chi connectivity index (χ0) is 26.1. The molecule has 0 aromatic carbocycles. The Kier molecular flexibility index (Phi) is 11.3. The Labute approximate surface area is 204 Å². The van der Waals surface area contributed by atoms with Crippen LogP contribution in [0.3, 0.4) is 0 Å². The van der Waals surface area contributed by atoms with E-state index < -0.39 is 47.1 Å². The largest absolute Gasteiger partial charge is 0.467 e. The number of alkyl carbamates (subject to hydrolysis) is 1. The van der Waals surface area contributed by atoms with Gasteiger partial charge in [-0.2, -0.15) is 0 Å². The summed E-state index contributed by atoms with van der Waals surface area (Å²) in [4.78, 5) is 51.6. The van der Waals surface area contributed by atoms with Crippen LogP contribution in [0, 0.1) is 11.8 Å². The minimum atomic E-state index is -1.17. The lowest BCUT2D eigenvalue weighted by molar-refractivity contribution is -0.147. The highest BCUT2D eigenvalue weighted by Gasteiger charge is 2.43. The van der Waals surface area contributed by atoms with Gasteiger partial charge in [0.1, 0.15) is 23.2 Å². The molecule has 0 radical (unpaired) electrons. The van der Waals surface area contributed by atoms with E-state index in [0.717, 1.165) is 25.7 Å². The van der Waals surface area contributed by atoms with Crippen molar-refractivity contribution in [3.8, 4) is 0 Å². The van der Waals surface area contributed by atoms with Gasteiger partial charge in [-0.1, -0.05) is 53.4 Å². The second-order valence-electron chi connectivity index (χ2n) is 11.0. The molecule has 9 heteroatoms. The van der Waals surface area contributed by atoms with Gasteiger partial charge in [-0.15, -0.1) is 0 Å². The highest BCUT2D eigenvalue weighted by Crippen LogP contribution is 2.28. The maximum absolute atomic E-state index is 13.6. The van der Waals surface area contributed by atoms with Crippen molar-refractivity contribution in [1.29, 1.82) is 0 Å². The summed E-state index contributed by atoms with van der Waals surface area (Å²) in [7, 11) is 1.28. The second-order valence-corrected chi connectivity index (χ2v) is 11.0. The van der Waals surface area contributed by atoms with E-state index in [0.29, 0.717) is 19.3 Å². The lowest BCUT2D eigenvalue weighted by Crippen LogP contribution is -2.64. The average molecular weight is 484 g/mol. The first-order chi connectivity index (χ1) is 15.7. The van der Waals surface area contributed by atoms with Gasteiger partial charge in [-0.25, -0.2) is 9.59 Å². The van der Waals surface area contributed by atoms with Gasteiger partial charge in [0.2, 0.25) is 11.8 Å². The Morgan fingerprint density at radius 1 is 0.912 bits per heavy atom. The number of amides is 3. The van der Waals surface area contributed by atoms with Crippen molar-refractivity contribution in [3.05, 3.63) is 0 Å². The molecule has 34 heavy (non-hydrogen) atoms. The first-order valence-corrected chi connectivity index (χ1v) is 12.4. The molecule has 1 aliphatic rings. The molecule has 0 saturated heterocycles. The lowest BCUT2D eigenvalue weighted by Gasteiger charge is -2.36. The zero-order valence-corrected chi connectivity index (χ0v) is 22.2. The molecule has 0 aliphatic heterocycles. The topological polar surface area (TPSA) is 123 Å². The number of hydrogen-bond donors (Lipinski definition) is 3. The minimum Gasteiger partial charge on any atom is -0.467 e. The summed E-state index contributed by atoms with van der Waals surface area (Å²) in [6.45, 7) is 12.8. The Morgan fingerprint density at radius 3 is 1.91 bits per heavy atom. The fourth-order valence-electron chi connectivity index (χ4n) is 4.12. The van der Waals surface area contributed by atoms with Crippen LogP contribution in [-0.4, -0.2) is 54.2 Å². The van der Waals surface area contributed by atoms with E-state index in [1.54, 1.807) is 20.8 Å². The molecule has 3 N–H and O–H groups in total. The molecule has 0 spiro atoms. The maximum Gasteiger partial charge on any atom is 0.408 e. The van der Waals surface area contributed by atoms with Gasteiger partial charge < -0.3 is 25.4 Å². The molecule has 0 unspecified atom stereocenters. The summed E-state index contributed by atoms with van der Waals surface area (Å²) in [5.74, 6) is -1.42. The predicted molar refractivity (Wildman–Crippen MR) is 130 cm³/mol. The number of methoxy groups -OCH3 is 1. The van der Waals surface area contributed by atoms with E-state index in [1.807, 2.05) is 27.7 Å². The van der Waals surface area contributed by atoms with Crippen molar-refractivity contribution in [2.75, 3.05) is 7.11 Å². The number of carbonyl (C=O) groups excluding carboxylic acids is 4. The number of rotatable bonds is 9. The van der Waals surface area contributed by atoms with Crippen molar-refractivity contribution in [3.63, 3.8) is 0 Å². The van der Waals surface area contributed by atoms with Crippen LogP contribution in [0.5, 0.6) is 0 Å². The fourth-order valence-corrected chi connectivity index (χ4v) is 4.12. The summed E-state index contributed by atoms with van der Waals surface area (Å²) in [5, 5.41) is 8.47. The van der Waals surface area contributed by atoms with Gasteiger partial charge in [0, 0.05) is 0 Å². The molecule has 1 saturated carbocycles. The van der Waals surface area contributed by atoms with Crippen molar-refractivity contribution in [2.24, 2.45) is 11.8 Å². The van der Waals surface area contributed by atoms with Crippen LogP contribution in [-0.2, 0) is 23.9 Å². The van der Waals surface area contributed by atoms with Crippen LogP contribution < -0.4 is 16.0 Å². The van der Waals surface area contributed by atoms with Gasteiger partial charge in [-0.3, -0.25) is 9.59 Å². The van der Waals surface area contributed by atoms with Gasteiger partial charge in [-0.05, 0) is 51.9 Å². The molecule has 0 heterocycles. The standard InChI is InChI=1S/C25H45N3O6/c1-16(2)15-18(26-23(32)34-24(5,6)7)20(29)28-25(13-11-9-10-12-14-25)22(31)27-19(17(3)4)21(30)33-8/h16-19H,9-15H2,1-8H3,(H,26,32)(H,27,31)(H,28,29)/t18-,19-/m0/s1. The molecule has 1 rings (SSSR count). The van der Waals surface area contributed by atoms with E-state index >= 15 is 0 Å². The molecule has 3 amide bonds. The number of carbonyl (C=O) groups is 4. The van der Waals surface area contributed by atoms with Gasteiger partial charge >= 0.3 is 12.1 Å². The number of hydrogen-bond acceptors (Lipinski definition) is 6. The Bertz CT molecular complexity index is 706. The summed E-state index contributed by atoms with van der Waals surface area (Å²) >= 11 is 0. The second kappa shape index (κ2) is 13.0. The summed E-state index contributed by atoms with van der Waals surface area (Å²) < 4.78 is 10.2. The molecule has 0 aromatic heterocycles. The van der Waals surface area contributed by atoms with E-state index in [4.69, 9.17) is 9.47 Å². The molecule has 0 aromatic rings. The van der Waals surface area contributed by atoms with Crippen molar-refractivity contribution < 1.29 is 28.7 Å². The van der Waals surface area contributed by atoms with E-state index in [1.165, 1.54) is 7.11 Å². The molecule has 9 nitrogen and oxygen atoms in total. The third-order valence-electron chi connectivity index (χ3n) is 5.88. The van der Waals surface area contributed by atoms with E-state index in [9.17, 15) is 19.2 Å². The Balaban J connectivity index is 3.16. The zero-order valence-electron chi connectivity index (χ0n) is 22.2. The van der Waals surface area contributed by atoms with Crippen molar-refractivity contribution >= 4 is 23.9 Å². The quantitative estimate of drug-likeness (QED) is 0.341. The van der Waals surface area contributed by atoms with Gasteiger partial charge in [0.05, 0.1) is 7.11 Å². The molecule has 1 fully saturated rings. The van der Waals surface area contributed by atoms with Crippen LogP contribution >= 0.6 is 0 Å². The third kappa shape index (κ3) is 9.50. The normalized spacial score (nSPS) is 17.8. The molecule has 0 bridgehead atoms. The molecular formula is C25H45N3O6. The first kappa shape index (κ1) is 29.7. The Hall–Kier alpha value is -2.32. The van der Waals surface area contributed by atoms with Crippen LogP contribution in [0.25, 0.3) is 0 Å². The molecule has 1 aliphatic carbocycles. The monoisotopic (exact) mass is 483 g/mol. The van der Waals surface area contributed by atoms with Gasteiger partial charge in [0.25, 0.3) is 0 Å². The Morgan fingerprint density at radius 2 is 1.47 bits per heavy atom. The molecule has 2 atom stereocenters. The SMILES string of the molecule is COC(=O)[C@@H](NC(=O)C1(NC(=O)[C@H](CC(C)C)NC(=O)OC(C)(C)C)CCCCCC1)C(C)C. The van der Waals surface area contributed by atoms with E-state index in [-0.39, 0.29) is 11.8 Å². The minimum absolute atomic E-state index is 0.120. The number of nitrogens with one attached hydrogen (secondary N) is 3. The lowest BCUT2D eigenvalue weighted by atomic mass is 9.87. The van der Waals surface area contributed by atoms with Crippen LogP contribution in [0.2, 0.25) is 0 Å². The van der Waals surface area contributed by atoms with Gasteiger partial charge in [0.15, 0.2) is 0 Å². The summed E-state index contributed by atoms with van der Waals surface area (Å²) in [6, 6.07) is -1.68. The average Bonchev–Trinajstić information content (AvgIpc) is 2.95. The summed E-state index contributed by atoms with van der Waals surface area (Å²) in [5.41, 5.74) is -1.87. The fraction of sp³-hybridized carbons (Fsp3) is 0.840. The highest BCUT2D eigenvalue weighted by atomic mass is 16.6. The first-order valence-electron chi connectivity index (χ1n) is 12.4. The third-order valence-corrected chi connectivity index (χ3v) is 5.88. The number of esters is 1. The number of ether oxygens (including phenoxy) is 2. The summed E-state index contributed by atoms with van der Waals surface area (Å²) in [6.07, 6.45) is 4.08. The molecule has 196 valence electrons.